The van der Waals surface area contributed by atoms with Crippen LogP contribution in [0.15, 0.2) is 30.6 Å². The summed E-state index contributed by atoms with van der Waals surface area (Å²) < 4.78 is 5.40. The Labute approximate surface area is 168 Å². The van der Waals surface area contributed by atoms with Gasteiger partial charge in [-0.25, -0.2) is 9.97 Å². The van der Waals surface area contributed by atoms with E-state index in [-0.39, 0.29) is 0 Å². The fourth-order valence-corrected chi connectivity index (χ4v) is 3.51. The minimum Gasteiger partial charge on any atom is -0.379 e. The van der Waals surface area contributed by atoms with Crippen LogP contribution in [0.1, 0.15) is 50.7 Å². The molecule has 1 aromatic heterocycles. The summed E-state index contributed by atoms with van der Waals surface area (Å²) in [5, 5.41) is 6.99. The van der Waals surface area contributed by atoms with Gasteiger partial charge in [-0.3, -0.25) is 4.90 Å². The van der Waals surface area contributed by atoms with Gasteiger partial charge < -0.3 is 15.4 Å². The number of morpholine rings is 1. The van der Waals surface area contributed by atoms with Crippen molar-refractivity contribution >= 4 is 17.3 Å². The predicted octanol–water partition coefficient (Wildman–Crippen LogP) is 4.21. The van der Waals surface area contributed by atoms with Crippen molar-refractivity contribution in [3.8, 4) is 0 Å². The lowest BCUT2D eigenvalue weighted by molar-refractivity contribution is 0.0398. The molecule has 1 fully saturated rings. The molecule has 1 aliphatic rings. The summed E-state index contributed by atoms with van der Waals surface area (Å²) in [5.41, 5.74) is 3.80. The number of rotatable bonds is 8. The van der Waals surface area contributed by atoms with Crippen molar-refractivity contribution in [1.82, 2.24) is 14.9 Å². The van der Waals surface area contributed by atoms with Crippen LogP contribution in [0.4, 0.5) is 17.3 Å². The minimum absolute atomic E-state index is 0.439. The molecule has 0 atom stereocenters. The number of nitrogens with zero attached hydrogens (tertiary/aromatic N) is 3. The molecule has 2 N–H and O–H groups in total. The standard InChI is InChI=1S/C22H33N5O/c1-16(2)18-6-5-7-19(17(3)4)22(18)26-21-14-20(24-15-25-21)23-8-9-27-10-12-28-13-11-27/h5-7,14-17H,8-13H2,1-4H3,(H2,23,24,25,26). The Bertz CT molecular complexity index is 730. The third-order valence-electron chi connectivity index (χ3n) is 5.13. The molecule has 0 radical (unpaired) electrons. The molecule has 1 aromatic carbocycles. The van der Waals surface area contributed by atoms with Crippen LogP contribution in [-0.4, -0.2) is 54.3 Å². The molecule has 6 heteroatoms. The number of para-hydroxylation sites is 1. The van der Waals surface area contributed by atoms with Gasteiger partial charge >= 0.3 is 0 Å². The van der Waals surface area contributed by atoms with Crippen LogP contribution in [-0.2, 0) is 4.74 Å². The maximum Gasteiger partial charge on any atom is 0.135 e. The van der Waals surface area contributed by atoms with E-state index in [9.17, 15) is 0 Å². The first-order valence-electron chi connectivity index (χ1n) is 10.3. The second kappa shape index (κ2) is 9.85. The van der Waals surface area contributed by atoms with Crippen LogP contribution in [0.25, 0.3) is 0 Å². The molecule has 0 amide bonds. The zero-order valence-electron chi connectivity index (χ0n) is 17.5. The highest BCUT2D eigenvalue weighted by molar-refractivity contribution is 5.67. The first-order valence-corrected chi connectivity index (χ1v) is 10.3. The van der Waals surface area contributed by atoms with Gasteiger partial charge in [-0.05, 0) is 23.0 Å². The molecule has 28 heavy (non-hydrogen) atoms. The predicted molar refractivity (Wildman–Crippen MR) is 116 cm³/mol. The monoisotopic (exact) mass is 383 g/mol. The molecule has 0 aliphatic carbocycles. The Balaban J connectivity index is 1.69. The van der Waals surface area contributed by atoms with E-state index in [0.29, 0.717) is 11.8 Å². The minimum atomic E-state index is 0.439. The Hall–Kier alpha value is -2.18. The number of benzene rings is 1. The molecular formula is C22H33N5O. The van der Waals surface area contributed by atoms with Crippen LogP contribution in [0.5, 0.6) is 0 Å². The average molecular weight is 384 g/mol. The van der Waals surface area contributed by atoms with E-state index in [1.165, 1.54) is 16.8 Å². The van der Waals surface area contributed by atoms with Crippen molar-refractivity contribution in [1.29, 1.82) is 0 Å². The Morgan fingerprint density at radius 1 is 1.00 bits per heavy atom. The molecule has 2 heterocycles. The third-order valence-corrected chi connectivity index (χ3v) is 5.13. The van der Waals surface area contributed by atoms with E-state index in [2.05, 4.69) is 71.4 Å². The van der Waals surface area contributed by atoms with Crippen LogP contribution in [0, 0.1) is 0 Å². The largest absolute Gasteiger partial charge is 0.379 e. The van der Waals surface area contributed by atoms with Crippen molar-refractivity contribution in [2.45, 2.75) is 39.5 Å². The van der Waals surface area contributed by atoms with Gasteiger partial charge in [-0.15, -0.1) is 0 Å². The third kappa shape index (κ3) is 5.42. The van der Waals surface area contributed by atoms with E-state index in [1.54, 1.807) is 6.33 Å². The van der Waals surface area contributed by atoms with Crippen molar-refractivity contribution in [3.63, 3.8) is 0 Å². The molecule has 3 rings (SSSR count). The van der Waals surface area contributed by atoms with Crippen LogP contribution < -0.4 is 10.6 Å². The maximum atomic E-state index is 5.40. The number of hydrogen-bond acceptors (Lipinski definition) is 6. The molecule has 1 saturated heterocycles. The van der Waals surface area contributed by atoms with Crippen LogP contribution >= 0.6 is 0 Å². The zero-order chi connectivity index (χ0) is 19.9. The number of aromatic nitrogens is 2. The van der Waals surface area contributed by atoms with E-state index >= 15 is 0 Å². The average Bonchev–Trinajstić information content (AvgIpc) is 2.69. The van der Waals surface area contributed by atoms with Gasteiger partial charge in [0.05, 0.1) is 13.2 Å². The van der Waals surface area contributed by atoms with Crippen molar-refractivity contribution < 1.29 is 4.74 Å². The number of anilines is 3. The second-order valence-electron chi connectivity index (χ2n) is 7.92. The van der Waals surface area contributed by atoms with Gasteiger partial charge in [-0.1, -0.05) is 45.9 Å². The van der Waals surface area contributed by atoms with E-state index in [4.69, 9.17) is 4.74 Å². The summed E-state index contributed by atoms with van der Waals surface area (Å²) in [7, 11) is 0. The van der Waals surface area contributed by atoms with Crippen molar-refractivity contribution in [2.75, 3.05) is 50.0 Å². The molecule has 2 aromatic rings. The lowest BCUT2D eigenvalue weighted by Crippen LogP contribution is -2.39. The van der Waals surface area contributed by atoms with Crippen molar-refractivity contribution in [2.24, 2.45) is 0 Å². The van der Waals surface area contributed by atoms with E-state index in [0.717, 1.165) is 51.0 Å². The lowest BCUT2D eigenvalue weighted by atomic mass is 9.92. The van der Waals surface area contributed by atoms with Crippen LogP contribution in [0.2, 0.25) is 0 Å². The highest BCUT2D eigenvalue weighted by Crippen LogP contribution is 2.34. The molecule has 152 valence electrons. The zero-order valence-corrected chi connectivity index (χ0v) is 17.5. The fraction of sp³-hybridized carbons (Fsp3) is 0.545. The van der Waals surface area contributed by atoms with E-state index in [1.807, 2.05) is 6.07 Å². The molecule has 1 aliphatic heterocycles. The highest BCUT2D eigenvalue weighted by atomic mass is 16.5. The van der Waals surface area contributed by atoms with Gasteiger partial charge in [0.1, 0.15) is 18.0 Å². The summed E-state index contributed by atoms with van der Waals surface area (Å²) in [6.07, 6.45) is 1.62. The summed E-state index contributed by atoms with van der Waals surface area (Å²) in [6.45, 7) is 14.4. The molecule has 0 bridgehead atoms. The smallest absolute Gasteiger partial charge is 0.135 e. The number of hydrogen-bond donors (Lipinski definition) is 2. The molecular weight excluding hydrogens is 350 g/mol. The molecule has 0 saturated carbocycles. The summed E-state index contributed by atoms with van der Waals surface area (Å²) in [4.78, 5) is 11.2. The first-order chi connectivity index (χ1) is 13.5. The molecule has 0 spiro atoms. The van der Waals surface area contributed by atoms with Gasteiger partial charge in [0.15, 0.2) is 0 Å². The van der Waals surface area contributed by atoms with Gasteiger partial charge in [-0.2, -0.15) is 0 Å². The number of nitrogens with one attached hydrogen (secondary N) is 2. The molecule has 0 unspecified atom stereocenters. The summed E-state index contributed by atoms with van der Waals surface area (Å²) >= 11 is 0. The molecule has 6 nitrogen and oxygen atoms in total. The van der Waals surface area contributed by atoms with E-state index < -0.39 is 0 Å². The lowest BCUT2D eigenvalue weighted by Gasteiger charge is -2.26. The summed E-state index contributed by atoms with van der Waals surface area (Å²) in [6, 6.07) is 8.53. The van der Waals surface area contributed by atoms with Crippen LogP contribution in [0.3, 0.4) is 0 Å². The quantitative estimate of drug-likeness (QED) is 0.712. The van der Waals surface area contributed by atoms with Gasteiger partial charge in [0.2, 0.25) is 0 Å². The highest BCUT2D eigenvalue weighted by Gasteiger charge is 2.15. The maximum absolute atomic E-state index is 5.40. The normalized spacial score (nSPS) is 15.2. The van der Waals surface area contributed by atoms with Crippen molar-refractivity contribution in [3.05, 3.63) is 41.7 Å². The Morgan fingerprint density at radius 2 is 1.64 bits per heavy atom. The second-order valence-corrected chi connectivity index (χ2v) is 7.92. The number of ether oxygens (including phenoxy) is 1. The summed E-state index contributed by atoms with van der Waals surface area (Å²) in [5.74, 6) is 2.54. The SMILES string of the molecule is CC(C)c1cccc(C(C)C)c1Nc1cc(NCCN2CCOCC2)ncn1. The first kappa shape index (κ1) is 20.6. The van der Waals surface area contributed by atoms with Gasteiger partial charge in [0, 0.05) is 37.9 Å². The Kier molecular flexibility index (Phi) is 7.23. The topological polar surface area (TPSA) is 62.3 Å². The van der Waals surface area contributed by atoms with Gasteiger partial charge in [0.25, 0.3) is 0 Å². The fourth-order valence-electron chi connectivity index (χ4n) is 3.51. The Morgan fingerprint density at radius 3 is 2.29 bits per heavy atom.